The topological polar surface area (TPSA) is 144 Å². The van der Waals surface area contributed by atoms with Gasteiger partial charge in [0.1, 0.15) is 17.8 Å². The minimum atomic E-state index is -0.889. The standard InChI is InChI=1S/C27H38N6O6/c1-18(2)11-23-27(37)33(9-10-38-4)16-24(34)30-22(26(36)28-13-20-14-29-32(3)15-20)12-19-5-7-21(8-6-19)39-17-25(35)31-23/h5-8,14-15,18,22-23H,9-13,16-17H2,1-4H3,(H,28,36)(H,30,34)(H,31,35)/t22-,23-/m0/s1. The van der Waals surface area contributed by atoms with Gasteiger partial charge in [-0.25, -0.2) is 0 Å². The predicted molar refractivity (Wildman–Crippen MR) is 142 cm³/mol. The third kappa shape index (κ3) is 9.40. The molecule has 0 saturated carbocycles. The molecule has 4 amide bonds. The van der Waals surface area contributed by atoms with E-state index in [0.29, 0.717) is 12.2 Å². The Morgan fingerprint density at radius 2 is 1.92 bits per heavy atom. The summed E-state index contributed by atoms with van der Waals surface area (Å²) in [6, 6.07) is 5.22. The number of methoxy groups -OCH3 is 1. The lowest BCUT2D eigenvalue weighted by molar-refractivity contribution is -0.141. The fraction of sp³-hybridized carbons (Fsp3) is 0.519. The fourth-order valence-corrected chi connectivity index (χ4v) is 4.22. The number of hydrogen-bond donors (Lipinski definition) is 3. The maximum absolute atomic E-state index is 13.5. The van der Waals surface area contributed by atoms with Crippen LogP contribution in [0, 0.1) is 5.92 Å². The van der Waals surface area contributed by atoms with E-state index >= 15 is 0 Å². The van der Waals surface area contributed by atoms with E-state index < -0.39 is 29.8 Å². The number of hydrogen-bond acceptors (Lipinski definition) is 7. The van der Waals surface area contributed by atoms with E-state index in [4.69, 9.17) is 9.47 Å². The minimum Gasteiger partial charge on any atom is -0.484 e. The van der Waals surface area contributed by atoms with Crippen molar-refractivity contribution in [3.8, 4) is 5.75 Å². The van der Waals surface area contributed by atoms with E-state index in [0.717, 1.165) is 11.1 Å². The lowest BCUT2D eigenvalue weighted by Crippen LogP contribution is -2.55. The second-order valence-corrected chi connectivity index (χ2v) is 10.00. The molecule has 0 unspecified atom stereocenters. The normalized spacial score (nSPS) is 19.0. The van der Waals surface area contributed by atoms with Crippen LogP contribution < -0.4 is 20.7 Å². The van der Waals surface area contributed by atoms with Crippen molar-refractivity contribution in [1.82, 2.24) is 30.6 Å². The van der Waals surface area contributed by atoms with Crippen molar-refractivity contribution in [2.24, 2.45) is 13.0 Å². The third-order valence-electron chi connectivity index (χ3n) is 6.16. The van der Waals surface area contributed by atoms with Crippen LogP contribution in [0.3, 0.4) is 0 Å². The molecule has 2 bridgehead atoms. The summed E-state index contributed by atoms with van der Waals surface area (Å²) in [5.74, 6) is -1.14. The first kappa shape index (κ1) is 29.6. The van der Waals surface area contributed by atoms with Gasteiger partial charge in [0.2, 0.25) is 17.7 Å². The Kier molecular flexibility index (Phi) is 10.9. The number of aryl methyl sites for hydroxylation is 1. The van der Waals surface area contributed by atoms with Crippen molar-refractivity contribution >= 4 is 23.6 Å². The summed E-state index contributed by atoms with van der Waals surface area (Å²) in [7, 11) is 3.29. The van der Waals surface area contributed by atoms with Gasteiger partial charge in [0.05, 0.1) is 19.3 Å². The number of rotatable bonds is 8. The van der Waals surface area contributed by atoms with Crippen molar-refractivity contribution in [3.05, 3.63) is 47.8 Å². The maximum Gasteiger partial charge on any atom is 0.258 e. The average molecular weight is 543 g/mol. The molecule has 0 fully saturated rings. The molecule has 2 aliphatic rings. The van der Waals surface area contributed by atoms with Gasteiger partial charge in [-0.05, 0) is 30.0 Å². The molecule has 1 aromatic carbocycles. The molecule has 0 saturated heterocycles. The molecule has 39 heavy (non-hydrogen) atoms. The Labute approximate surface area is 228 Å². The Morgan fingerprint density at radius 1 is 1.18 bits per heavy atom. The van der Waals surface area contributed by atoms with Gasteiger partial charge in [-0.15, -0.1) is 0 Å². The molecule has 0 aliphatic carbocycles. The van der Waals surface area contributed by atoms with Crippen LogP contribution in [-0.4, -0.2) is 83.8 Å². The van der Waals surface area contributed by atoms with Crippen LogP contribution in [-0.2, 0) is 43.9 Å². The van der Waals surface area contributed by atoms with Gasteiger partial charge in [-0.1, -0.05) is 26.0 Å². The van der Waals surface area contributed by atoms with Crippen molar-refractivity contribution in [1.29, 1.82) is 0 Å². The van der Waals surface area contributed by atoms with E-state index in [9.17, 15) is 19.2 Å². The second kappa shape index (κ2) is 14.3. The summed E-state index contributed by atoms with van der Waals surface area (Å²) < 4.78 is 12.4. The van der Waals surface area contributed by atoms with Crippen molar-refractivity contribution in [2.75, 3.05) is 33.4 Å². The van der Waals surface area contributed by atoms with Crippen LogP contribution in [0.15, 0.2) is 36.7 Å². The van der Waals surface area contributed by atoms with E-state index in [2.05, 4.69) is 21.0 Å². The number of ether oxygens (including phenoxy) is 2. The summed E-state index contributed by atoms with van der Waals surface area (Å²) in [4.78, 5) is 53.8. The number of nitrogens with one attached hydrogen (secondary N) is 3. The van der Waals surface area contributed by atoms with Gasteiger partial charge in [0.15, 0.2) is 6.61 Å². The molecule has 212 valence electrons. The molecule has 0 spiro atoms. The number of carbonyl (C=O) groups excluding carboxylic acids is 4. The Balaban J connectivity index is 1.86. The summed E-state index contributed by atoms with van der Waals surface area (Å²) in [6.07, 6.45) is 4.04. The number of carbonyl (C=O) groups is 4. The molecule has 4 rings (SSSR count). The fourth-order valence-electron chi connectivity index (χ4n) is 4.22. The largest absolute Gasteiger partial charge is 0.484 e. The smallest absolute Gasteiger partial charge is 0.258 e. The Morgan fingerprint density at radius 3 is 2.56 bits per heavy atom. The van der Waals surface area contributed by atoms with Crippen LogP contribution in [0.5, 0.6) is 5.75 Å². The van der Waals surface area contributed by atoms with Crippen molar-refractivity contribution in [2.45, 2.75) is 45.3 Å². The second-order valence-electron chi connectivity index (χ2n) is 10.00. The molecule has 1 aromatic heterocycles. The number of fused-ring (bicyclic) bond motifs is 13. The summed E-state index contributed by atoms with van der Waals surface area (Å²) >= 11 is 0. The van der Waals surface area contributed by atoms with Crippen molar-refractivity contribution < 1.29 is 28.7 Å². The minimum absolute atomic E-state index is 0.101. The first-order valence-corrected chi connectivity index (χ1v) is 13.0. The number of aromatic nitrogens is 2. The molecule has 12 nitrogen and oxygen atoms in total. The highest BCUT2D eigenvalue weighted by Gasteiger charge is 2.30. The van der Waals surface area contributed by atoms with Gasteiger partial charge < -0.3 is 30.3 Å². The average Bonchev–Trinajstić information content (AvgIpc) is 3.32. The first-order chi connectivity index (χ1) is 18.6. The van der Waals surface area contributed by atoms with E-state index in [1.54, 1.807) is 48.4 Å². The van der Waals surface area contributed by atoms with E-state index in [1.807, 2.05) is 13.8 Å². The molecule has 2 aliphatic heterocycles. The molecule has 3 heterocycles. The molecular formula is C27H38N6O6. The monoisotopic (exact) mass is 542 g/mol. The molecule has 3 N–H and O–H groups in total. The van der Waals surface area contributed by atoms with Crippen LogP contribution >= 0.6 is 0 Å². The zero-order chi connectivity index (χ0) is 28.4. The van der Waals surface area contributed by atoms with Crippen LogP contribution in [0.25, 0.3) is 0 Å². The molecule has 2 atom stereocenters. The van der Waals surface area contributed by atoms with Gasteiger partial charge in [0.25, 0.3) is 5.91 Å². The van der Waals surface area contributed by atoms with Crippen LogP contribution in [0.4, 0.5) is 0 Å². The Hall–Kier alpha value is -3.93. The van der Waals surface area contributed by atoms with Crippen LogP contribution in [0.1, 0.15) is 31.4 Å². The van der Waals surface area contributed by atoms with Gasteiger partial charge in [-0.2, -0.15) is 5.10 Å². The SMILES string of the molecule is COCCN1CC(=O)N[C@H](C(=O)NCc2cnn(C)c2)Cc2ccc(cc2)OCC(=O)N[C@@H](CC(C)C)C1=O. The van der Waals surface area contributed by atoms with Crippen molar-refractivity contribution in [3.63, 3.8) is 0 Å². The van der Waals surface area contributed by atoms with Gasteiger partial charge in [0, 0.05) is 45.4 Å². The number of amides is 4. The lowest BCUT2D eigenvalue weighted by atomic mass is 10.0. The Bertz CT molecular complexity index is 1130. The quantitative estimate of drug-likeness (QED) is 0.403. The molecule has 0 radical (unpaired) electrons. The van der Waals surface area contributed by atoms with E-state index in [-0.39, 0.29) is 51.1 Å². The van der Waals surface area contributed by atoms with Gasteiger partial charge in [-0.3, -0.25) is 23.9 Å². The summed E-state index contributed by atoms with van der Waals surface area (Å²) in [5, 5.41) is 12.5. The van der Waals surface area contributed by atoms with Gasteiger partial charge >= 0.3 is 0 Å². The number of nitrogens with zero attached hydrogens (tertiary/aromatic N) is 3. The summed E-state index contributed by atoms with van der Waals surface area (Å²) in [6.45, 7) is 3.91. The predicted octanol–water partition coefficient (Wildman–Crippen LogP) is 0.162. The zero-order valence-corrected chi connectivity index (χ0v) is 22.9. The van der Waals surface area contributed by atoms with E-state index in [1.165, 1.54) is 12.0 Å². The number of benzene rings is 1. The highest BCUT2D eigenvalue weighted by atomic mass is 16.5. The third-order valence-corrected chi connectivity index (χ3v) is 6.16. The molecule has 2 aromatic rings. The highest BCUT2D eigenvalue weighted by molar-refractivity contribution is 5.93. The van der Waals surface area contributed by atoms with Crippen LogP contribution in [0.2, 0.25) is 0 Å². The first-order valence-electron chi connectivity index (χ1n) is 13.0. The molecule has 12 heteroatoms. The maximum atomic E-state index is 13.5. The lowest BCUT2D eigenvalue weighted by Gasteiger charge is -2.29. The highest BCUT2D eigenvalue weighted by Crippen LogP contribution is 2.15. The zero-order valence-electron chi connectivity index (χ0n) is 22.9. The molecular weight excluding hydrogens is 504 g/mol. The summed E-state index contributed by atoms with van der Waals surface area (Å²) in [5.41, 5.74) is 1.60.